The van der Waals surface area contributed by atoms with E-state index in [4.69, 9.17) is 24.4 Å². The Balaban J connectivity index is 1.08. The number of nitrogens with zero attached hydrogens (tertiary/aromatic N) is 8. The van der Waals surface area contributed by atoms with E-state index in [9.17, 15) is 15.8 Å². The summed E-state index contributed by atoms with van der Waals surface area (Å²) in [6.45, 7) is 0. The number of nitriles is 3. The molecule has 10 nitrogen and oxygen atoms in total. The minimum atomic E-state index is 0.415. The van der Waals surface area contributed by atoms with Gasteiger partial charge in [-0.25, -0.2) is 15.0 Å². The van der Waals surface area contributed by atoms with Crippen LogP contribution < -0.4 is 19.3 Å². The molecule has 0 saturated heterocycles. The smallest absolute Gasteiger partial charge is 0.166 e. The molecule has 0 atom stereocenters. The molecule has 354 valence electrons. The fourth-order valence-electron chi connectivity index (χ4n) is 9.90. The number of aromatic nitrogens is 3. The van der Waals surface area contributed by atoms with Crippen molar-refractivity contribution >= 4 is 34.1 Å². The Morgan fingerprint density at radius 2 is 0.618 bits per heavy atom. The number of para-hydroxylation sites is 8. The lowest BCUT2D eigenvalue weighted by Gasteiger charge is -2.34. The Bertz CT molecular complexity index is 3920. The van der Waals surface area contributed by atoms with Gasteiger partial charge in [0.2, 0.25) is 0 Å². The number of ether oxygens (including phenoxy) is 2. The van der Waals surface area contributed by atoms with E-state index in [0.717, 1.165) is 84.2 Å². The van der Waals surface area contributed by atoms with Gasteiger partial charge in [-0.3, -0.25) is 0 Å². The van der Waals surface area contributed by atoms with Crippen molar-refractivity contribution in [2.75, 3.05) is 9.80 Å². The van der Waals surface area contributed by atoms with Gasteiger partial charge in [0.15, 0.2) is 40.5 Å². The second kappa shape index (κ2) is 18.8. The first-order valence-corrected chi connectivity index (χ1v) is 24.5. The van der Waals surface area contributed by atoms with Gasteiger partial charge in [0, 0.05) is 16.7 Å². The van der Waals surface area contributed by atoms with Gasteiger partial charge in [0.1, 0.15) is 0 Å². The van der Waals surface area contributed by atoms with Crippen LogP contribution in [0.2, 0.25) is 0 Å². The van der Waals surface area contributed by atoms with Crippen LogP contribution in [0.25, 0.3) is 67.5 Å². The third kappa shape index (κ3) is 8.06. The maximum Gasteiger partial charge on any atom is 0.166 e. The summed E-state index contributed by atoms with van der Waals surface area (Å²) < 4.78 is 13.1. The molecule has 0 unspecified atom stereocenters. The molecule has 0 bridgehead atoms. The number of benzene rings is 10. The van der Waals surface area contributed by atoms with Crippen LogP contribution in [-0.2, 0) is 0 Å². The van der Waals surface area contributed by atoms with Gasteiger partial charge in [-0.2, -0.15) is 15.8 Å². The number of rotatable bonds is 8. The molecule has 2 aliphatic rings. The summed E-state index contributed by atoms with van der Waals surface area (Å²) in [5.74, 6) is 4.01. The van der Waals surface area contributed by atoms with Crippen molar-refractivity contribution in [2.45, 2.75) is 0 Å². The van der Waals surface area contributed by atoms with Crippen LogP contribution in [0.3, 0.4) is 0 Å². The third-order valence-corrected chi connectivity index (χ3v) is 13.6. The van der Waals surface area contributed by atoms with Crippen molar-refractivity contribution in [3.8, 4) is 109 Å². The second-order valence-electron chi connectivity index (χ2n) is 18.2. The van der Waals surface area contributed by atoms with E-state index in [1.165, 1.54) is 0 Å². The zero-order valence-corrected chi connectivity index (χ0v) is 40.3. The molecule has 13 rings (SSSR count). The number of fused-ring (bicyclic) bond motifs is 4. The summed E-state index contributed by atoms with van der Waals surface area (Å²) in [6.07, 6.45) is 0. The van der Waals surface area contributed by atoms with Gasteiger partial charge in [0.25, 0.3) is 0 Å². The molecule has 0 saturated carbocycles. The van der Waals surface area contributed by atoms with E-state index in [1.54, 1.807) is 6.07 Å². The van der Waals surface area contributed by atoms with Crippen LogP contribution in [0.1, 0.15) is 16.7 Å². The highest BCUT2D eigenvalue weighted by Crippen LogP contribution is 2.55. The van der Waals surface area contributed by atoms with Crippen molar-refractivity contribution in [1.29, 1.82) is 15.8 Å². The Hall–Kier alpha value is -11.1. The fraction of sp³-hybridized carbons (Fsp3) is 0. The Labute approximate surface area is 438 Å². The van der Waals surface area contributed by atoms with Crippen LogP contribution in [0.5, 0.6) is 23.0 Å². The molecular weight excluding hydrogens is 937 g/mol. The summed E-state index contributed by atoms with van der Waals surface area (Å²) in [7, 11) is 0. The standard InChI is InChI=1S/C66H38N8O2/c67-39-42-20-24-45(25-21-42)50-32-34-52(58(37-50)73-54-12-1-5-16-60(54)75-61-17-6-2-13-55(61)73)65-70-64(48-30-28-47(29-31-48)49-11-9-10-44(36-49)41-69)71-66(72-65)53-35-33-51(46-26-22-43(40-68)23-27-46)38-59(53)74-56-14-3-7-18-62(56)76-63-19-8-4-15-57(63)74/h1-38H. The summed E-state index contributed by atoms with van der Waals surface area (Å²) in [4.78, 5) is 20.7. The van der Waals surface area contributed by atoms with Gasteiger partial charge in [-0.05, 0) is 143 Å². The molecule has 10 aromatic carbocycles. The SMILES string of the molecule is N#Cc1ccc(-c2ccc(-c3nc(-c4ccc(-c5cccc(C#N)c5)cc4)nc(-c4ccc(-c5ccc(C#N)cc5)cc4N4c5ccccc5Oc5ccccc54)n3)c(N3c4ccccc4Oc4ccccc43)c2)cc1. The van der Waals surface area contributed by atoms with Gasteiger partial charge >= 0.3 is 0 Å². The van der Waals surface area contributed by atoms with Gasteiger partial charge < -0.3 is 19.3 Å². The second-order valence-corrected chi connectivity index (χ2v) is 18.2. The highest BCUT2D eigenvalue weighted by Gasteiger charge is 2.31. The Morgan fingerprint density at radius 3 is 1.03 bits per heavy atom. The molecule has 0 amide bonds. The molecule has 0 radical (unpaired) electrons. The summed E-state index contributed by atoms with van der Waals surface area (Å²) in [5, 5.41) is 29.1. The largest absolute Gasteiger partial charge is 0.453 e. The van der Waals surface area contributed by atoms with E-state index >= 15 is 0 Å². The Kier molecular flexibility index (Phi) is 11.1. The lowest BCUT2D eigenvalue weighted by atomic mass is 9.98. The van der Waals surface area contributed by atoms with E-state index in [1.807, 2.05) is 188 Å². The van der Waals surface area contributed by atoms with E-state index < -0.39 is 0 Å². The highest BCUT2D eigenvalue weighted by molar-refractivity contribution is 5.96. The molecule has 11 aromatic rings. The van der Waals surface area contributed by atoms with Crippen molar-refractivity contribution in [3.63, 3.8) is 0 Å². The number of anilines is 6. The number of hydrogen-bond donors (Lipinski definition) is 0. The van der Waals surface area contributed by atoms with Crippen LogP contribution >= 0.6 is 0 Å². The molecule has 3 heterocycles. The van der Waals surface area contributed by atoms with E-state index in [-0.39, 0.29) is 0 Å². The van der Waals surface area contributed by atoms with Crippen LogP contribution in [-0.4, -0.2) is 15.0 Å². The van der Waals surface area contributed by atoms with Crippen LogP contribution in [0.4, 0.5) is 34.1 Å². The van der Waals surface area contributed by atoms with Crippen LogP contribution in [0, 0.1) is 34.0 Å². The zero-order chi connectivity index (χ0) is 51.1. The summed E-state index contributed by atoms with van der Waals surface area (Å²) in [5.41, 5.74) is 14.3. The predicted octanol–water partition coefficient (Wildman–Crippen LogP) is 16.6. The fourth-order valence-corrected chi connectivity index (χ4v) is 9.90. The minimum Gasteiger partial charge on any atom is -0.453 e. The molecule has 1 aromatic heterocycles. The summed E-state index contributed by atoms with van der Waals surface area (Å²) in [6, 6.07) is 81.9. The lowest BCUT2D eigenvalue weighted by molar-refractivity contribution is 0.477. The molecule has 0 fully saturated rings. The normalized spacial score (nSPS) is 11.8. The van der Waals surface area contributed by atoms with E-state index in [0.29, 0.717) is 57.2 Å². The monoisotopic (exact) mass is 974 g/mol. The molecular formula is C66H38N8O2. The topological polar surface area (TPSA) is 135 Å². The average molecular weight is 975 g/mol. The predicted molar refractivity (Wildman–Crippen MR) is 296 cm³/mol. The zero-order valence-electron chi connectivity index (χ0n) is 40.3. The molecule has 2 aliphatic heterocycles. The molecule has 76 heavy (non-hydrogen) atoms. The van der Waals surface area contributed by atoms with Crippen molar-refractivity contribution in [2.24, 2.45) is 0 Å². The molecule has 0 aliphatic carbocycles. The first-order valence-electron chi connectivity index (χ1n) is 24.5. The maximum absolute atomic E-state index is 9.71. The van der Waals surface area contributed by atoms with Crippen LogP contribution in [0.15, 0.2) is 231 Å². The lowest BCUT2D eigenvalue weighted by Crippen LogP contribution is -2.17. The highest BCUT2D eigenvalue weighted by atomic mass is 16.5. The van der Waals surface area contributed by atoms with Gasteiger partial charge in [0.05, 0.1) is 69.0 Å². The summed E-state index contributed by atoms with van der Waals surface area (Å²) >= 11 is 0. The van der Waals surface area contributed by atoms with Gasteiger partial charge in [-0.15, -0.1) is 0 Å². The Morgan fingerprint density at radius 1 is 0.276 bits per heavy atom. The maximum atomic E-state index is 9.71. The first kappa shape index (κ1) is 44.8. The average Bonchev–Trinajstić information content (AvgIpc) is 3.53. The van der Waals surface area contributed by atoms with E-state index in [2.05, 4.69) is 64.4 Å². The molecule has 10 heteroatoms. The minimum absolute atomic E-state index is 0.415. The third-order valence-electron chi connectivity index (χ3n) is 13.6. The quantitative estimate of drug-likeness (QED) is 0.145. The first-order chi connectivity index (χ1) is 37.5. The van der Waals surface area contributed by atoms with Crippen molar-refractivity contribution < 1.29 is 9.47 Å². The van der Waals surface area contributed by atoms with Crippen molar-refractivity contribution in [1.82, 2.24) is 15.0 Å². The number of hydrogen-bond acceptors (Lipinski definition) is 10. The molecule has 0 N–H and O–H groups in total. The van der Waals surface area contributed by atoms with Crippen molar-refractivity contribution in [3.05, 3.63) is 247 Å². The molecule has 0 spiro atoms. The van der Waals surface area contributed by atoms with Gasteiger partial charge in [-0.1, -0.05) is 121 Å².